The maximum absolute atomic E-state index is 12.6. The van der Waals surface area contributed by atoms with Crippen molar-refractivity contribution < 1.29 is 9.53 Å². The molecule has 0 fully saturated rings. The molecule has 7 heteroatoms. The lowest BCUT2D eigenvalue weighted by Crippen LogP contribution is -2.13. The molecule has 2 aromatic heterocycles. The zero-order chi connectivity index (χ0) is 18.1. The fourth-order valence-corrected chi connectivity index (χ4v) is 2.82. The molecule has 25 heavy (non-hydrogen) atoms. The Hall–Kier alpha value is -3.09. The minimum atomic E-state index is -0.276. The molecule has 3 rings (SSSR count). The number of methoxy groups -OCH3 is 1. The summed E-state index contributed by atoms with van der Waals surface area (Å²) in [5.74, 6) is 0.333. The average Bonchev–Trinajstić information content (AvgIpc) is 3.13. The van der Waals surface area contributed by atoms with E-state index in [-0.39, 0.29) is 5.91 Å². The quantitative estimate of drug-likeness (QED) is 0.765. The Bertz CT molecular complexity index is 939. The minimum Gasteiger partial charge on any atom is -0.495 e. The largest absolute Gasteiger partial charge is 0.495 e. The lowest BCUT2D eigenvalue weighted by Gasteiger charge is -2.10. The number of hydrogen-bond acceptors (Lipinski definition) is 4. The van der Waals surface area contributed by atoms with Crippen molar-refractivity contribution in [2.45, 2.75) is 20.8 Å². The third kappa shape index (κ3) is 3.13. The molecule has 0 radical (unpaired) electrons. The molecule has 0 saturated carbocycles. The van der Waals surface area contributed by atoms with E-state index in [1.165, 1.54) is 0 Å². The molecule has 0 atom stereocenters. The van der Waals surface area contributed by atoms with Gasteiger partial charge in [-0.25, -0.2) is 0 Å². The predicted molar refractivity (Wildman–Crippen MR) is 95.9 cm³/mol. The molecular weight excluding hydrogens is 318 g/mol. The van der Waals surface area contributed by atoms with Crippen molar-refractivity contribution in [2.24, 2.45) is 7.05 Å². The molecule has 130 valence electrons. The van der Waals surface area contributed by atoms with Gasteiger partial charge in [-0.05, 0) is 44.5 Å². The van der Waals surface area contributed by atoms with Gasteiger partial charge in [-0.1, -0.05) is 6.07 Å². The lowest BCUT2D eigenvalue weighted by atomic mass is 10.1. The van der Waals surface area contributed by atoms with Crippen LogP contribution in [0.4, 0.5) is 5.69 Å². The summed E-state index contributed by atoms with van der Waals surface area (Å²) in [6.45, 7) is 5.85. The van der Waals surface area contributed by atoms with Crippen LogP contribution in [0.2, 0.25) is 0 Å². The van der Waals surface area contributed by atoms with E-state index in [1.54, 1.807) is 17.9 Å². The number of carbonyl (C=O) groups excluding carboxylic acids is 1. The van der Waals surface area contributed by atoms with Crippen molar-refractivity contribution in [3.63, 3.8) is 0 Å². The molecule has 0 aliphatic carbocycles. The first-order valence-corrected chi connectivity index (χ1v) is 7.92. The molecule has 7 nitrogen and oxygen atoms in total. The van der Waals surface area contributed by atoms with Gasteiger partial charge in [0.15, 0.2) is 0 Å². The van der Waals surface area contributed by atoms with Crippen LogP contribution < -0.4 is 10.1 Å². The average molecular weight is 339 g/mol. The highest BCUT2D eigenvalue weighted by Crippen LogP contribution is 2.27. The number of rotatable bonds is 4. The number of hydrogen-bond donors (Lipinski definition) is 2. The normalized spacial score (nSPS) is 10.8. The number of benzene rings is 1. The lowest BCUT2D eigenvalue weighted by molar-refractivity contribution is 0.102. The van der Waals surface area contributed by atoms with Crippen LogP contribution in [0.25, 0.3) is 11.3 Å². The summed E-state index contributed by atoms with van der Waals surface area (Å²) >= 11 is 0. The molecule has 0 spiro atoms. The van der Waals surface area contributed by atoms with Crippen molar-refractivity contribution in [3.05, 3.63) is 46.9 Å². The van der Waals surface area contributed by atoms with Crippen LogP contribution >= 0.6 is 0 Å². The second-order valence-electron chi connectivity index (χ2n) is 5.99. The van der Waals surface area contributed by atoms with E-state index in [0.29, 0.717) is 22.8 Å². The van der Waals surface area contributed by atoms with Crippen LogP contribution in [0.1, 0.15) is 27.4 Å². The molecule has 0 unspecified atom stereocenters. The molecule has 0 aliphatic heterocycles. The Labute approximate surface area is 146 Å². The number of carbonyl (C=O) groups is 1. The number of nitrogens with one attached hydrogen (secondary N) is 2. The SMILES string of the molecule is COc1ccc(C)cc1NC(=O)c1cc(-c2c(C)nn(C)c2C)n[nH]1. The van der Waals surface area contributed by atoms with Gasteiger partial charge >= 0.3 is 0 Å². The second-order valence-corrected chi connectivity index (χ2v) is 5.99. The summed E-state index contributed by atoms with van der Waals surface area (Å²) in [4.78, 5) is 12.6. The maximum Gasteiger partial charge on any atom is 0.273 e. The van der Waals surface area contributed by atoms with Crippen LogP contribution in [0.15, 0.2) is 24.3 Å². The number of H-pyrrole nitrogens is 1. The molecule has 1 amide bonds. The van der Waals surface area contributed by atoms with Gasteiger partial charge in [0.1, 0.15) is 11.4 Å². The molecule has 0 saturated heterocycles. The second kappa shape index (κ2) is 6.43. The Balaban J connectivity index is 1.88. The van der Waals surface area contributed by atoms with Crippen molar-refractivity contribution in [1.29, 1.82) is 0 Å². The first-order chi connectivity index (χ1) is 11.9. The third-order valence-electron chi connectivity index (χ3n) is 4.19. The van der Waals surface area contributed by atoms with Gasteiger partial charge in [0.05, 0.1) is 24.2 Å². The topological polar surface area (TPSA) is 84.8 Å². The number of aryl methyl sites for hydroxylation is 3. The van der Waals surface area contributed by atoms with Crippen molar-refractivity contribution in [3.8, 4) is 17.0 Å². The summed E-state index contributed by atoms with van der Waals surface area (Å²) in [7, 11) is 3.46. The van der Waals surface area contributed by atoms with Crippen molar-refractivity contribution in [2.75, 3.05) is 12.4 Å². The number of ether oxygens (including phenoxy) is 1. The number of nitrogens with zero attached hydrogens (tertiary/aromatic N) is 3. The highest BCUT2D eigenvalue weighted by molar-refractivity contribution is 6.04. The monoisotopic (exact) mass is 339 g/mol. The van der Waals surface area contributed by atoms with Gasteiger partial charge in [0, 0.05) is 18.3 Å². The molecule has 2 N–H and O–H groups in total. The molecule has 2 heterocycles. The van der Waals surface area contributed by atoms with E-state index in [4.69, 9.17) is 4.74 Å². The summed E-state index contributed by atoms with van der Waals surface area (Å²) in [6.07, 6.45) is 0. The minimum absolute atomic E-state index is 0.276. The van der Waals surface area contributed by atoms with Crippen LogP contribution in [-0.4, -0.2) is 33.0 Å². The van der Waals surface area contributed by atoms with Gasteiger partial charge in [0.2, 0.25) is 0 Å². The fourth-order valence-electron chi connectivity index (χ4n) is 2.82. The maximum atomic E-state index is 12.6. The van der Waals surface area contributed by atoms with Gasteiger partial charge in [0.25, 0.3) is 5.91 Å². The number of aromatic nitrogens is 4. The Morgan fingerprint density at radius 3 is 2.64 bits per heavy atom. The van der Waals surface area contributed by atoms with Gasteiger partial charge < -0.3 is 10.1 Å². The summed E-state index contributed by atoms with van der Waals surface area (Å²) < 4.78 is 7.10. The zero-order valence-electron chi connectivity index (χ0n) is 15.0. The Kier molecular flexibility index (Phi) is 4.31. The van der Waals surface area contributed by atoms with Crippen LogP contribution in [0, 0.1) is 20.8 Å². The van der Waals surface area contributed by atoms with Crippen LogP contribution in [0.3, 0.4) is 0 Å². The van der Waals surface area contributed by atoms with Gasteiger partial charge in [-0.2, -0.15) is 10.2 Å². The van der Waals surface area contributed by atoms with E-state index in [9.17, 15) is 4.79 Å². The van der Waals surface area contributed by atoms with Gasteiger partial charge in [-0.3, -0.25) is 14.6 Å². The predicted octanol–water partition coefficient (Wildman–Crippen LogP) is 3.00. The molecular formula is C18H21N5O2. The number of aromatic amines is 1. The Morgan fingerprint density at radius 2 is 2.00 bits per heavy atom. The fraction of sp³-hybridized carbons (Fsp3) is 0.278. The summed E-state index contributed by atoms with van der Waals surface area (Å²) in [6, 6.07) is 7.35. The number of amides is 1. The highest BCUT2D eigenvalue weighted by Gasteiger charge is 2.18. The smallest absolute Gasteiger partial charge is 0.273 e. The standard InChI is InChI=1S/C18H21N5O2/c1-10-6-7-16(25-5)13(8-10)19-18(24)15-9-14(20-21-15)17-11(2)22-23(4)12(17)3/h6-9H,1-5H3,(H,19,24)(H,20,21). The first kappa shape index (κ1) is 16.8. The Morgan fingerprint density at radius 1 is 1.24 bits per heavy atom. The molecule has 0 bridgehead atoms. The van der Waals surface area contributed by atoms with E-state index >= 15 is 0 Å². The first-order valence-electron chi connectivity index (χ1n) is 7.92. The molecule has 1 aromatic carbocycles. The van der Waals surface area contributed by atoms with E-state index in [0.717, 1.165) is 22.5 Å². The van der Waals surface area contributed by atoms with Crippen LogP contribution in [-0.2, 0) is 7.05 Å². The van der Waals surface area contributed by atoms with Crippen molar-refractivity contribution in [1.82, 2.24) is 20.0 Å². The summed E-state index contributed by atoms with van der Waals surface area (Å²) in [5.41, 5.74) is 5.53. The van der Waals surface area contributed by atoms with Gasteiger partial charge in [-0.15, -0.1) is 0 Å². The highest BCUT2D eigenvalue weighted by atomic mass is 16.5. The van der Waals surface area contributed by atoms with E-state index in [2.05, 4.69) is 20.6 Å². The van der Waals surface area contributed by atoms with Crippen LogP contribution in [0.5, 0.6) is 5.75 Å². The third-order valence-corrected chi connectivity index (χ3v) is 4.19. The van der Waals surface area contributed by atoms with E-state index < -0.39 is 0 Å². The number of anilines is 1. The van der Waals surface area contributed by atoms with Crippen molar-refractivity contribution >= 4 is 11.6 Å². The molecule has 0 aliphatic rings. The van der Waals surface area contributed by atoms with E-state index in [1.807, 2.05) is 46.0 Å². The zero-order valence-corrected chi connectivity index (χ0v) is 15.0. The molecule has 3 aromatic rings. The summed E-state index contributed by atoms with van der Waals surface area (Å²) in [5, 5.41) is 14.3.